The molecule has 1 rings (SSSR count). The van der Waals surface area contributed by atoms with Gasteiger partial charge < -0.3 is 4.74 Å². The Morgan fingerprint density at radius 3 is 3.00 bits per heavy atom. The zero-order valence-corrected chi connectivity index (χ0v) is 8.50. The van der Waals surface area contributed by atoms with Crippen molar-refractivity contribution in [3.05, 3.63) is 5.15 Å². The molecule has 0 fully saturated rings. The first-order valence-corrected chi connectivity index (χ1v) is 5.01. The van der Waals surface area contributed by atoms with E-state index in [4.69, 9.17) is 11.6 Å². The number of methoxy groups -OCH3 is 1. The Kier molecular flexibility index (Phi) is 3.77. The van der Waals surface area contributed by atoms with E-state index < -0.39 is 0 Å². The van der Waals surface area contributed by atoms with E-state index in [2.05, 4.69) is 13.5 Å². The Bertz CT molecular complexity index is 278. The quantitative estimate of drug-likeness (QED) is 0.575. The van der Waals surface area contributed by atoms with Crippen LogP contribution in [0.4, 0.5) is 0 Å². The van der Waals surface area contributed by atoms with Gasteiger partial charge in [-0.05, 0) is 0 Å². The van der Waals surface area contributed by atoms with Gasteiger partial charge in [0.15, 0.2) is 5.15 Å². The van der Waals surface area contributed by atoms with E-state index in [0.717, 1.165) is 11.7 Å². The highest BCUT2D eigenvalue weighted by atomic mass is 35.5. The molecule has 0 amide bonds. The maximum absolute atomic E-state index is 10.7. The molecule has 7 heteroatoms. The minimum atomic E-state index is -0.302. The van der Waals surface area contributed by atoms with Gasteiger partial charge in [0.05, 0.1) is 24.6 Å². The van der Waals surface area contributed by atoms with E-state index in [1.807, 2.05) is 0 Å². The number of aromatic nitrogens is 2. The molecule has 1 heterocycles. The number of thioether (sulfide) groups is 1. The van der Waals surface area contributed by atoms with Crippen LogP contribution in [0.15, 0.2) is 5.03 Å². The first-order chi connectivity index (χ1) is 5.74. The van der Waals surface area contributed by atoms with Crippen LogP contribution in [0, 0.1) is 0 Å². The predicted molar refractivity (Wildman–Crippen MR) is 47.7 cm³/mol. The van der Waals surface area contributed by atoms with E-state index in [9.17, 15) is 4.79 Å². The molecule has 4 nitrogen and oxygen atoms in total. The van der Waals surface area contributed by atoms with Crippen molar-refractivity contribution in [2.24, 2.45) is 0 Å². The second kappa shape index (κ2) is 4.64. The maximum atomic E-state index is 10.7. The Morgan fingerprint density at radius 2 is 2.50 bits per heavy atom. The molecule has 0 atom stereocenters. The van der Waals surface area contributed by atoms with Crippen molar-refractivity contribution >= 4 is 41.1 Å². The van der Waals surface area contributed by atoms with E-state index in [-0.39, 0.29) is 11.7 Å². The topological polar surface area (TPSA) is 52.1 Å². The van der Waals surface area contributed by atoms with Gasteiger partial charge in [-0.1, -0.05) is 23.4 Å². The Hall–Kier alpha value is -0.330. The van der Waals surface area contributed by atoms with Crippen molar-refractivity contribution in [1.82, 2.24) is 8.75 Å². The average molecular weight is 225 g/mol. The summed E-state index contributed by atoms with van der Waals surface area (Å²) in [6.07, 6.45) is 0. The van der Waals surface area contributed by atoms with Gasteiger partial charge in [0.2, 0.25) is 0 Å². The third-order valence-corrected chi connectivity index (χ3v) is 3.03. The summed E-state index contributed by atoms with van der Waals surface area (Å²) in [5.41, 5.74) is 0. The molecule has 0 bridgehead atoms. The second-order valence-corrected chi connectivity index (χ2v) is 3.58. The summed E-state index contributed by atoms with van der Waals surface area (Å²) in [5, 5.41) is 0.918. The maximum Gasteiger partial charge on any atom is 0.316 e. The van der Waals surface area contributed by atoms with Gasteiger partial charge in [-0.15, -0.1) is 0 Å². The van der Waals surface area contributed by atoms with Crippen LogP contribution in [-0.2, 0) is 9.53 Å². The second-order valence-electron chi connectivity index (χ2n) is 1.72. The highest BCUT2D eigenvalue weighted by Gasteiger charge is 2.08. The normalized spacial score (nSPS) is 9.83. The van der Waals surface area contributed by atoms with Crippen molar-refractivity contribution < 1.29 is 9.53 Å². The number of carbonyl (C=O) groups excluding carboxylic acids is 1. The molecule has 0 saturated heterocycles. The van der Waals surface area contributed by atoms with Crippen LogP contribution in [0.5, 0.6) is 0 Å². The molecule has 0 aliphatic carbocycles. The fraction of sp³-hybridized carbons (Fsp3) is 0.400. The van der Waals surface area contributed by atoms with Gasteiger partial charge in [-0.3, -0.25) is 4.79 Å². The highest BCUT2D eigenvalue weighted by molar-refractivity contribution is 8.00. The first-order valence-electron chi connectivity index (χ1n) is 2.91. The van der Waals surface area contributed by atoms with Crippen molar-refractivity contribution in [2.45, 2.75) is 5.03 Å². The molecule has 0 aromatic carbocycles. The van der Waals surface area contributed by atoms with Crippen LogP contribution in [0.1, 0.15) is 0 Å². The monoisotopic (exact) mass is 224 g/mol. The molecular weight excluding hydrogens is 220 g/mol. The molecule has 1 aromatic rings. The van der Waals surface area contributed by atoms with Crippen LogP contribution >= 0.6 is 35.1 Å². The third-order valence-electron chi connectivity index (χ3n) is 0.976. The predicted octanol–water partition coefficient (Wildman–Crippen LogP) is 1.46. The SMILES string of the molecule is COC(=O)CSc1nsnc1Cl. The molecule has 0 aliphatic rings. The van der Waals surface area contributed by atoms with Crippen molar-refractivity contribution in [1.29, 1.82) is 0 Å². The number of carbonyl (C=O) groups is 1. The minimum absolute atomic E-state index is 0.210. The average Bonchev–Trinajstić information content (AvgIpc) is 2.47. The molecule has 0 N–H and O–H groups in total. The lowest BCUT2D eigenvalue weighted by Crippen LogP contribution is -2.02. The molecule has 0 saturated carbocycles. The lowest BCUT2D eigenvalue weighted by molar-refractivity contribution is -0.137. The van der Waals surface area contributed by atoms with Crippen LogP contribution in [0.25, 0.3) is 0 Å². The smallest absolute Gasteiger partial charge is 0.316 e. The van der Waals surface area contributed by atoms with E-state index in [1.165, 1.54) is 18.9 Å². The minimum Gasteiger partial charge on any atom is -0.468 e. The lowest BCUT2D eigenvalue weighted by atomic mass is 10.8. The number of nitrogens with zero attached hydrogens (tertiary/aromatic N) is 2. The summed E-state index contributed by atoms with van der Waals surface area (Å²) in [5.74, 6) is -0.0918. The summed E-state index contributed by atoms with van der Waals surface area (Å²) in [6, 6.07) is 0. The summed E-state index contributed by atoms with van der Waals surface area (Å²) in [7, 11) is 1.34. The number of hydrogen-bond donors (Lipinski definition) is 0. The Morgan fingerprint density at radius 1 is 1.75 bits per heavy atom. The van der Waals surface area contributed by atoms with Crippen LogP contribution in [-0.4, -0.2) is 27.6 Å². The number of halogens is 1. The van der Waals surface area contributed by atoms with E-state index >= 15 is 0 Å². The van der Waals surface area contributed by atoms with Crippen LogP contribution in [0.2, 0.25) is 5.15 Å². The zero-order chi connectivity index (χ0) is 8.97. The summed E-state index contributed by atoms with van der Waals surface area (Å²) < 4.78 is 12.1. The largest absolute Gasteiger partial charge is 0.468 e. The van der Waals surface area contributed by atoms with Crippen molar-refractivity contribution in [3.63, 3.8) is 0 Å². The van der Waals surface area contributed by atoms with Crippen LogP contribution in [0.3, 0.4) is 0 Å². The molecular formula is C5H5ClN2O2S2. The molecule has 0 spiro atoms. The van der Waals surface area contributed by atoms with Gasteiger partial charge >= 0.3 is 5.97 Å². The van der Waals surface area contributed by atoms with Gasteiger partial charge in [-0.2, -0.15) is 8.75 Å². The van der Waals surface area contributed by atoms with E-state index in [1.54, 1.807) is 0 Å². The standard InChI is InChI=1S/C5H5ClN2O2S2/c1-10-3(9)2-11-5-4(6)7-12-8-5/h2H2,1H3. The molecule has 12 heavy (non-hydrogen) atoms. The Labute approximate surface area is 82.6 Å². The molecule has 66 valence electrons. The van der Waals surface area contributed by atoms with E-state index in [0.29, 0.717) is 10.2 Å². The zero-order valence-electron chi connectivity index (χ0n) is 6.11. The van der Waals surface area contributed by atoms with Gasteiger partial charge in [0.1, 0.15) is 5.03 Å². The highest BCUT2D eigenvalue weighted by Crippen LogP contribution is 2.24. The van der Waals surface area contributed by atoms with Gasteiger partial charge in [0, 0.05) is 0 Å². The van der Waals surface area contributed by atoms with Gasteiger partial charge in [0.25, 0.3) is 0 Å². The molecule has 1 aromatic heterocycles. The molecule has 0 radical (unpaired) electrons. The lowest BCUT2D eigenvalue weighted by Gasteiger charge is -1.95. The van der Waals surface area contributed by atoms with Crippen LogP contribution < -0.4 is 0 Å². The molecule has 0 unspecified atom stereocenters. The summed E-state index contributed by atoms with van der Waals surface area (Å²) in [6.45, 7) is 0. The molecule has 0 aliphatic heterocycles. The first kappa shape index (κ1) is 9.76. The summed E-state index contributed by atoms with van der Waals surface area (Å²) in [4.78, 5) is 10.7. The number of ether oxygens (including phenoxy) is 1. The summed E-state index contributed by atoms with van der Waals surface area (Å²) >= 11 is 7.87. The Balaban J connectivity index is 2.43. The van der Waals surface area contributed by atoms with Crippen molar-refractivity contribution in [3.8, 4) is 0 Å². The van der Waals surface area contributed by atoms with Crippen molar-refractivity contribution in [2.75, 3.05) is 12.9 Å². The number of hydrogen-bond acceptors (Lipinski definition) is 6. The fourth-order valence-electron chi connectivity index (χ4n) is 0.442. The number of rotatable bonds is 3. The fourth-order valence-corrected chi connectivity index (χ4v) is 2.06. The van der Waals surface area contributed by atoms with Gasteiger partial charge in [-0.25, -0.2) is 0 Å². The number of esters is 1. The third kappa shape index (κ3) is 2.62.